The van der Waals surface area contributed by atoms with Crippen LogP contribution in [0.15, 0.2) is 58.3 Å². The van der Waals surface area contributed by atoms with E-state index in [1.54, 1.807) is 6.20 Å². The highest BCUT2D eigenvalue weighted by Crippen LogP contribution is 2.38. The highest BCUT2D eigenvalue weighted by molar-refractivity contribution is 7.22. The van der Waals surface area contributed by atoms with Crippen LogP contribution in [0.2, 0.25) is 0 Å². The second-order valence-electron chi connectivity index (χ2n) is 8.49. The first-order valence-electron chi connectivity index (χ1n) is 9.98. The molecule has 1 amide bonds. The fraction of sp³-hybridized carbons (Fsp3) is 0.318. The number of amidine groups is 1. The molecule has 0 fully saturated rings. The highest BCUT2D eigenvalue weighted by atomic mass is 32.1. The number of nitrogens with zero attached hydrogens (tertiary/aromatic N) is 3. The molecule has 5 rings (SSSR count). The lowest BCUT2D eigenvalue weighted by Gasteiger charge is -2.28. The number of anilines is 1. The predicted octanol–water partition coefficient (Wildman–Crippen LogP) is 4.68. The number of aliphatic hydroxyl groups is 1. The maximum absolute atomic E-state index is 12.1. The van der Waals surface area contributed by atoms with Crippen molar-refractivity contribution in [2.24, 2.45) is 4.99 Å². The summed E-state index contributed by atoms with van der Waals surface area (Å²) in [6.07, 6.45) is 3.41. The van der Waals surface area contributed by atoms with Gasteiger partial charge in [0.25, 0.3) is 0 Å². The van der Waals surface area contributed by atoms with Gasteiger partial charge in [-0.1, -0.05) is 11.3 Å². The maximum atomic E-state index is 12.1. The molecule has 0 aliphatic carbocycles. The van der Waals surface area contributed by atoms with Gasteiger partial charge in [-0.2, -0.15) is 0 Å². The molecule has 0 atom stereocenters. The van der Waals surface area contributed by atoms with Gasteiger partial charge in [0.2, 0.25) is 0 Å². The van der Waals surface area contributed by atoms with Crippen molar-refractivity contribution in [3.63, 3.8) is 0 Å². The number of aromatic nitrogens is 1. The summed E-state index contributed by atoms with van der Waals surface area (Å²) in [4.78, 5) is 23.3. The molecule has 2 aromatic rings. The van der Waals surface area contributed by atoms with Crippen molar-refractivity contribution in [2.75, 3.05) is 18.5 Å². The number of hydrogen-bond acceptors (Lipinski definition) is 8. The van der Waals surface area contributed by atoms with Crippen molar-refractivity contribution < 1.29 is 19.4 Å². The first-order chi connectivity index (χ1) is 14.8. The molecule has 3 aliphatic heterocycles. The number of amides is 1. The fourth-order valence-corrected chi connectivity index (χ4v) is 4.71. The van der Waals surface area contributed by atoms with E-state index in [4.69, 9.17) is 9.47 Å². The number of hydrogen-bond donors (Lipinski definition) is 2. The van der Waals surface area contributed by atoms with Crippen molar-refractivity contribution in [2.45, 2.75) is 32.8 Å². The molecular weight excluding hydrogens is 416 g/mol. The summed E-state index contributed by atoms with van der Waals surface area (Å²) >= 11 is 1.38. The quantitative estimate of drug-likeness (QED) is 0.707. The number of thiazole rings is 1. The number of aliphatic hydroxyl groups excluding tert-OH is 1. The molecule has 0 saturated carbocycles. The summed E-state index contributed by atoms with van der Waals surface area (Å²) in [5.41, 5.74) is 3.98. The van der Waals surface area contributed by atoms with E-state index >= 15 is 0 Å². The third kappa shape index (κ3) is 3.65. The summed E-state index contributed by atoms with van der Waals surface area (Å²) in [6, 6.07) is 5.91. The molecule has 1 aromatic heterocycles. The molecule has 31 heavy (non-hydrogen) atoms. The summed E-state index contributed by atoms with van der Waals surface area (Å²) in [5.74, 6) is 0.913. The predicted molar refractivity (Wildman–Crippen MR) is 119 cm³/mol. The average molecular weight is 439 g/mol. The molecule has 2 N–H and O–H groups in total. The van der Waals surface area contributed by atoms with Crippen molar-refractivity contribution >= 4 is 38.6 Å². The van der Waals surface area contributed by atoms with Crippen molar-refractivity contribution in [3.8, 4) is 0 Å². The van der Waals surface area contributed by atoms with E-state index < -0.39 is 11.7 Å². The van der Waals surface area contributed by atoms with Crippen LogP contribution in [-0.4, -0.2) is 45.7 Å². The minimum atomic E-state index is -0.574. The van der Waals surface area contributed by atoms with Crippen LogP contribution in [0.3, 0.4) is 0 Å². The van der Waals surface area contributed by atoms with Gasteiger partial charge in [-0.25, -0.2) is 14.8 Å². The van der Waals surface area contributed by atoms with Gasteiger partial charge in [0.05, 0.1) is 21.5 Å². The molecule has 3 aliphatic rings. The van der Waals surface area contributed by atoms with E-state index in [1.165, 1.54) is 17.6 Å². The molecular formula is C22H22N4O4S. The van der Waals surface area contributed by atoms with Crippen LogP contribution in [-0.2, 0) is 9.47 Å². The van der Waals surface area contributed by atoms with Gasteiger partial charge in [-0.15, -0.1) is 0 Å². The second kappa shape index (κ2) is 7.12. The van der Waals surface area contributed by atoms with Crippen LogP contribution in [0.25, 0.3) is 10.2 Å². The first-order valence-corrected chi connectivity index (χ1v) is 10.8. The van der Waals surface area contributed by atoms with Crippen LogP contribution < -0.4 is 5.32 Å². The Kier molecular flexibility index (Phi) is 4.51. The van der Waals surface area contributed by atoms with Crippen molar-refractivity contribution in [1.82, 2.24) is 9.88 Å². The van der Waals surface area contributed by atoms with Crippen LogP contribution >= 0.6 is 11.3 Å². The van der Waals surface area contributed by atoms with Crippen LogP contribution in [0, 0.1) is 0 Å². The van der Waals surface area contributed by atoms with Gasteiger partial charge in [-0.3, -0.25) is 5.32 Å². The normalized spacial score (nSPS) is 18.0. The van der Waals surface area contributed by atoms with E-state index in [0.717, 1.165) is 45.9 Å². The van der Waals surface area contributed by atoms with Crippen LogP contribution in [0.5, 0.6) is 0 Å². The van der Waals surface area contributed by atoms with E-state index in [2.05, 4.69) is 20.2 Å². The Hall–Kier alpha value is -3.33. The highest BCUT2D eigenvalue weighted by Gasteiger charge is 2.34. The Morgan fingerprint density at radius 3 is 3.00 bits per heavy atom. The smallest absolute Gasteiger partial charge is 0.413 e. The Morgan fingerprint density at radius 2 is 2.19 bits per heavy atom. The summed E-state index contributed by atoms with van der Waals surface area (Å²) in [5, 5.41) is 13.5. The number of carbonyl (C=O) groups is 1. The number of ether oxygens (including phenoxy) is 2. The zero-order valence-electron chi connectivity index (χ0n) is 17.4. The second-order valence-corrected chi connectivity index (χ2v) is 9.52. The van der Waals surface area contributed by atoms with Crippen molar-refractivity contribution in [1.29, 1.82) is 0 Å². The number of rotatable bonds is 2. The molecule has 1 aromatic carbocycles. The number of carbonyl (C=O) groups excluding carboxylic acids is 1. The van der Waals surface area contributed by atoms with Gasteiger partial charge in [-0.05, 0) is 51.0 Å². The zero-order chi connectivity index (χ0) is 21.8. The monoisotopic (exact) mass is 438 g/mol. The summed E-state index contributed by atoms with van der Waals surface area (Å²) in [6.45, 7) is 6.70. The molecule has 0 unspecified atom stereocenters. The van der Waals surface area contributed by atoms with Crippen molar-refractivity contribution in [3.05, 3.63) is 58.8 Å². The largest absolute Gasteiger partial charge is 0.504 e. The van der Waals surface area contributed by atoms with Gasteiger partial charge >= 0.3 is 6.09 Å². The topological polar surface area (TPSA) is 96.3 Å². The van der Waals surface area contributed by atoms with Gasteiger partial charge in [0, 0.05) is 18.3 Å². The molecule has 160 valence electrons. The molecule has 4 heterocycles. The van der Waals surface area contributed by atoms with E-state index in [1.807, 2.05) is 39.0 Å². The Labute approximate surface area is 183 Å². The van der Waals surface area contributed by atoms with Gasteiger partial charge in [0.1, 0.15) is 24.3 Å². The molecule has 0 saturated heterocycles. The molecule has 8 nitrogen and oxygen atoms in total. The maximum Gasteiger partial charge on any atom is 0.413 e. The number of aliphatic imine (C=N–C) groups is 1. The van der Waals surface area contributed by atoms with Crippen LogP contribution in [0.1, 0.15) is 32.8 Å². The molecule has 0 radical (unpaired) electrons. The van der Waals surface area contributed by atoms with E-state index in [9.17, 15) is 9.90 Å². The number of benzene rings is 1. The minimum Gasteiger partial charge on any atom is -0.504 e. The van der Waals surface area contributed by atoms with E-state index in [-0.39, 0.29) is 5.76 Å². The standard InChI is InChI=1S/C22H22N4O4S/c1-22(2,3)30-21(28)25-20-24-15-5-4-12(8-17(15)31-20)19-23-9-14-16(27)11-29-10-13-6-7-26(19)18(13)14/h4-5,8-9,11,27H,6-7,10H2,1-3H3,(H,24,25,28). The lowest BCUT2D eigenvalue weighted by atomic mass is 10.1. The Morgan fingerprint density at radius 1 is 1.35 bits per heavy atom. The Balaban J connectivity index is 1.46. The van der Waals surface area contributed by atoms with Crippen LogP contribution in [0.4, 0.5) is 9.93 Å². The fourth-order valence-electron chi connectivity index (χ4n) is 3.82. The summed E-state index contributed by atoms with van der Waals surface area (Å²) in [7, 11) is 0. The zero-order valence-corrected chi connectivity index (χ0v) is 18.2. The average Bonchev–Trinajstić information content (AvgIpc) is 3.24. The van der Waals surface area contributed by atoms with Gasteiger partial charge < -0.3 is 19.5 Å². The third-order valence-electron chi connectivity index (χ3n) is 5.05. The molecule has 0 spiro atoms. The summed E-state index contributed by atoms with van der Waals surface area (Å²) < 4.78 is 11.7. The lowest BCUT2D eigenvalue weighted by Crippen LogP contribution is -2.31. The number of fused-ring (bicyclic) bond motifs is 1. The minimum absolute atomic E-state index is 0.0930. The lowest BCUT2D eigenvalue weighted by molar-refractivity contribution is 0.0636. The first kappa shape index (κ1) is 19.6. The third-order valence-corrected chi connectivity index (χ3v) is 5.99. The molecule has 9 heteroatoms. The van der Waals surface area contributed by atoms with E-state index in [0.29, 0.717) is 17.3 Å². The molecule has 0 bridgehead atoms. The SMILES string of the molecule is CC(C)(C)OC(=O)Nc1nc2ccc(C3=NC=C4C(O)=COCC5=C4N3CC5)cc2s1. The van der Waals surface area contributed by atoms with Gasteiger partial charge in [0.15, 0.2) is 10.9 Å². The number of nitrogens with one attached hydrogen (secondary N) is 1. The Bertz CT molecular complexity index is 1220.